The molecule has 1 aliphatic rings. The summed E-state index contributed by atoms with van der Waals surface area (Å²) >= 11 is 6.54. The summed E-state index contributed by atoms with van der Waals surface area (Å²) in [5, 5.41) is 2.83. The quantitative estimate of drug-likeness (QED) is 0.301. The normalized spacial score (nSPS) is 15.0. The summed E-state index contributed by atoms with van der Waals surface area (Å²) in [6.07, 6.45) is 6.63. The fraction of sp³-hybridized carbons (Fsp3) is 0.103. The number of halogens is 1. The van der Waals surface area contributed by atoms with Crippen molar-refractivity contribution >= 4 is 51.2 Å². The summed E-state index contributed by atoms with van der Waals surface area (Å²) in [6, 6.07) is 23.9. The van der Waals surface area contributed by atoms with E-state index in [0.29, 0.717) is 29.5 Å². The number of nitrogens with zero attached hydrogens (tertiary/aromatic N) is 3. The van der Waals surface area contributed by atoms with Crippen molar-refractivity contribution in [3.8, 4) is 0 Å². The standard InChI is InChI=1S/C29H23ClN4O/c1-33-18-20(22-9-4-7-13-27(22)33)16-26-29(35)34(28(32-26)23-10-2-5-11-24(23)30)15-14-19-17-31-25-12-6-3-8-21(19)25/h2-13,16-18,31H,14-15H2,1H3/b26-16-. The lowest BCUT2D eigenvalue weighted by molar-refractivity contribution is -0.122. The summed E-state index contributed by atoms with van der Waals surface area (Å²) < 4.78 is 2.06. The number of fused-ring (bicyclic) bond motifs is 2. The van der Waals surface area contributed by atoms with Crippen LogP contribution in [0.3, 0.4) is 0 Å². The predicted octanol–water partition coefficient (Wildman–Crippen LogP) is 6.19. The Labute approximate surface area is 208 Å². The Morgan fingerprint density at radius 2 is 1.71 bits per heavy atom. The molecule has 172 valence electrons. The Morgan fingerprint density at radius 3 is 2.57 bits per heavy atom. The molecule has 5 nitrogen and oxygen atoms in total. The molecule has 6 rings (SSSR count). The Bertz CT molecular complexity index is 1660. The molecule has 0 fully saturated rings. The van der Waals surface area contributed by atoms with E-state index >= 15 is 0 Å². The van der Waals surface area contributed by atoms with Gasteiger partial charge in [-0.1, -0.05) is 60.1 Å². The molecule has 1 aliphatic heterocycles. The second-order valence-electron chi connectivity index (χ2n) is 8.72. The SMILES string of the molecule is Cn1cc(/C=C2\N=C(c3ccccc3Cl)N(CCc3c[nH]c4ccccc34)C2=O)c2ccccc21. The number of aromatic nitrogens is 2. The highest BCUT2D eigenvalue weighted by atomic mass is 35.5. The molecule has 0 unspecified atom stereocenters. The summed E-state index contributed by atoms with van der Waals surface area (Å²) in [6.45, 7) is 0.498. The molecule has 0 spiro atoms. The van der Waals surface area contributed by atoms with Crippen LogP contribution in [0.25, 0.3) is 27.9 Å². The van der Waals surface area contributed by atoms with Gasteiger partial charge in [-0.2, -0.15) is 0 Å². The van der Waals surface area contributed by atoms with Gasteiger partial charge in [0.1, 0.15) is 11.5 Å². The Hall–Kier alpha value is -4.09. The highest BCUT2D eigenvalue weighted by Crippen LogP contribution is 2.29. The zero-order chi connectivity index (χ0) is 23.9. The Kier molecular flexibility index (Phi) is 5.27. The molecule has 3 heterocycles. The maximum atomic E-state index is 13.7. The van der Waals surface area contributed by atoms with Gasteiger partial charge in [0, 0.05) is 58.9 Å². The van der Waals surface area contributed by atoms with Crippen molar-refractivity contribution in [3.63, 3.8) is 0 Å². The molecule has 0 saturated heterocycles. The number of H-pyrrole nitrogens is 1. The number of para-hydroxylation sites is 2. The van der Waals surface area contributed by atoms with Crippen LogP contribution in [0.5, 0.6) is 0 Å². The lowest BCUT2D eigenvalue weighted by atomic mass is 10.1. The van der Waals surface area contributed by atoms with Gasteiger partial charge in [0.15, 0.2) is 0 Å². The summed E-state index contributed by atoms with van der Waals surface area (Å²) in [7, 11) is 2.01. The van der Waals surface area contributed by atoms with Gasteiger partial charge < -0.3 is 9.55 Å². The van der Waals surface area contributed by atoms with Crippen LogP contribution in [0, 0.1) is 0 Å². The number of aromatic amines is 1. The minimum Gasteiger partial charge on any atom is -0.361 e. The first-order valence-corrected chi connectivity index (χ1v) is 11.9. The first-order chi connectivity index (χ1) is 17.1. The predicted molar refractivity (Wildman–Crippen MR) is 143 cm³/mol. The van der Waals surface area contributed by atoms with Gasteiger partial charge in [0.05, 0.1) is 5.02 Å². The molecule has 3 aromatic carbocycles. The summed E-state index contributed by atoms with van der Waals surface area (Å²) in [5.74, 6) is 0.472. The van der Waals surface area contributed by atoms with Crippen LogP contribution >= 0.6 is 11.6 Å². The van der Waals surface area contributed by atoms with Crippen LogP contribution in [0.2, 0.25) is 5.02 Å². The number of hydrogen-bond donors (Lipinski definition) is 1. The molecule has 0 saturated carbocycles. The molecule has 5 aromatic rings. The number of amidine groups is 1. The van der Waals surface area contributed by atoms with Crippen LogP contribution in [-0.4, -0.2) is 32.7 Å². The number of carbonyl (C=O) groups is 1. The number of benzene rings is 3. The molecule has 0 atom stereocenters. The monoisotopic (exact) mass is 478 g/mol. The van der Waals surface area contributed by atoms with Gasteiger partial charge in [-0.05, 0) is 42.3 Å². The van der Waals surface area contributed by atoms with Crippen molar-refractivity contribution < 1.29 is 4.79 Å². The lowest BCUT2D eigenvalue weighted by Gasteiger charge is -2.19. The van der Waals surface area contributed by atoms with Gasteiger partial charge in [-0.3, -0.25) is 9.69 Å². The van der Waals surface area contributed by atoms with Crippen molar-refractivity contribution in [3.05, 3.63) is 113 Å². The van der Waals surface area contributed by atoms with Crippen molar-refractivity contribution in [1.29, 1.82) is 0 Å². The molecule has 2 aromatic heterocycles. The topological polar surface area (TPSA) is 53.4 Å². The van der Waals surface area contributed by atoms with E-state index < -0.39 is 0 Å². The van der Waals surface area contributed by atoms with Gasteiger partial charge in [-0.25, -0.2) is 4.99 Å². The van der Waals surface area contributed by atoms with Gasteiger partial charge >= 0.3 is 0 Å². The van der Waals surface area contributed by atoms with Crippen LogP contribution in [-0.2, 0) is 18.3 Å². The number of carbonyl (C=O) groups excluding carboxylic acids is 1. The van der Waals surface area contributed by atoms with Gasteiger partial charge in [-0.15, -0.1) is 0 Å². The van der Waals surface area contributed by atoms with E-state index in [1.54, 1.807) is 4.90 Å². The van der Waals surface area contributed by atoms with Crippen LogP contribution in [0.1, 0.15) is 16.7 Å². The maximum Gasteiger partial charge on any atom is 0.278 e. The van der Waals surface area contributed by atoms with Crippen LogP contribution < -0.4 is 0 Å². The zero-order valence-electron chi connectivity index (χ0n) is 19.2. The minimum absolute atomic E-state index is 0.118. The first kappa shape index (κ1) is 21.4. The number of nitrogens with one attached hydrogen (secondary N) is 1. The molecule has 1 amide bonds. The van der Waals surface area contributed by atoms with E-state index in [-0.39, 0.29) is 5.91 Å². The van der Waals surface area contributed by atoms with Crippen molar-refractivity contribution in [2.45, 2.75) is 6.42 Å². The maximum absolute atomic E-state index is 13.7. The molecule has 0 bridgehead atoms. The number of hydrogen-bond acceptors (Lipinski definition) is 2. The summed E-state index contributed by atoms with van der Waals surface area (Å²) in [5.41, 5.74) is 5.49. The molecular formula is C29H23ClN4O. The van der Waals surface area contributed by atoms with Crippen LogP contribution in [0.15, 0.2) is 95.9 Å². The van der Waals surface area contributed by atoms with E-state index in [4.69, 9.17) is 16.6 Å². The second-order valence-corrected chi connectivity index (χ2v) is 9.13. The fourth-order valence-corrected chi connectivity index (χ4v) is 5.03. The number of amides is 1. The number of aliphatic imine (C=N–C) groups is 1. The van der Waals surface area contributed by atoms with E-state index in [0.717, 1.165) is 27.5 Å². The fourth-order valence-electron chi connectivity index (χ4n) is 4.81. The first-order valence-electron chi connectivity index (χ1n) is 11.6. The third kappa shape index (κ3) is 3.74. The Balaban J connectivity index is 1.39. The largest absolute Gasteiger partial charge is 0.361 e. The van der Waals surface area contributed by atoms with Gasteiger partial charge in [0.2, 0.25) is 0 Å². The van der Waals surface area contributed by atoms with Gasteiger partial charge in [0.25, 0.3) is 5.91 Å². The molecule has 0 radical (unpaired) electrons. The van der Waals surface area contributed by atoms with E-state index in [1.807, 2.05) is 74.0 Å². The smallest absolute Gasteiger partial charge is 0.278 e. The third-order valence-electron chi connectivity index (χ3n) is 6.56. The number of aryl methyl sites for hydroxylation is 1. The summed E-state index contributed by atoms with van der Waals surface area (Å²) in [4.78, 5) is 23.5. The van der Waals surface area contributed by atoms with Crippen molar-refractivity contribution in [1.82, 2.24) is 14.5 Å². The molecule has 35 heavy (non-hydrogen) atoms. The zero-order valence-corrected chi connectivity index (χ0v) is 20.0. The number of rotatable bonds is 5. The van der Waals surface area contributed by atoms with E-state index in [2.05, 4.69) is 33.8 Å². The van der Waals surface area contributed by atoms with Crippen LogP contribution in [0.4, 0.5) is 0 Å². The third-order valence-corrected chi connectivity index (χ3v) is 6.89. The molecule has 1 N–H and O–H groups in total. The van der Waals surface area contributed by atoms with Crippen molar-refractivity contribution in [2.24, 2.45) is 12.0 Å². The lowest BCUT2D eigenvalue weighted by Crippen LogP contribution is -2.34. The van der Waals surface area contributed by atoms with E-state index in [1.165, 1.54) is 10.9 Å². The average Bonchev–Trinajstić information content (AvgIpc) is 3.53. The second kappa shape index (κ2) is 8.60. The Morgan fingerprint density at radius 1 is 0.971 bits per heavy atom. The molecule has 6 heteroatoms. The van der Waals surface area contributed by atoms with Crippen molar-refractivity contribution in [2.75, 3.05) is 6.54 Å². The molecular weight excluding hydrogens is 456 g/mol. The average molecular weight is 479 g/mol. The minimum atomic E-state index is -0.118. The molecule has 0 aliphatic carbocycles. The highest BCUT2D eigenvalue weighted by Gasteiger charge is 2.32. The van der Waals surface area contributed by atoms with E-state index in [9.17, 15) is 4.79 Å². The highest BCUT2D eigenvalue weighted by molar-refractivity contribution is 6.35.